The Balaban J connectivity index is 1.62. The normalized spacial score (nSPS) is 27.6. The number of hydrogen-bond acceptors (Lipinski definition) is 2. The summed E-state index contributed by atoms with van der Waals surface area (Å²) >= 11 is 0. The predicted octanol–water partition coefficient (Wildman–Crippen LogP) is 2.81. The van der Waals surface area contributed by atoms with Crippen molar-refractivity contribution in [3.63, 3.8) is 0 Å². The highest BCUT2D eigenvalue weighted by molar-refractivity contribution is 5.33. The third-order valence-electron chi connectivity index (χ3n) is 4.52. The van der Waals surface area contributed by atoms with Crippen molar-refractivity contribution in [1.29, 1.82) is 0 Å². The smallest absolute Gasteiger partial charge is 0.0474 e. The molecule has 0 radical (unpaired) electrons. The lowest BCUT2D eigenvalue weighted by molar-refractivity contribution is 0.205. The number of benzene rings is 1. The number of rotatable bonds is 5. The van der Waals surface area contributed by atoms with E-state index in [0.29, 0.717) is 18.6 Å². The number of hydrogen-bond donors (Lipinski definition) is 2. The molecule has 1 aromatic rings. The molecule has 2 fully saturated rings. The quantitative estimate of drug-likeness (QED) is 0.836. The molecule has 2 unspecified atom stereocenters. The fourth-order valence-corrected chi connectivity index (χ4v) is 3.25. The summed E-state index contributed by atoms with van der Waals surface area (Å²) in [6, 6.07) is 9.35. The molecule has 2 nitrogen and oxygen atoms in total. The Hall–Kier alpha value is -0.860. The van der Waals surface area contributed by atoms with Crippen LogP contribution in [0.2, 0.25) is 0 Å². The van der Waals surface area contributed by atoms with Crippen molar-refractivity contribution in [2.75, 3.05) is 6.61 Å². The highest BCUT2D eigenvalue weighted by Crippen LogP contribution is 2.41. The van der Waals surface area contributed by atoms with Crippen molar-refractivity contribution in [1.82, 2.24) is 5.32 Å². The maximum absolute atomic E-state index is 9.35. The van der Waals surface area contributed by atoms with Crippen molar-refractivity contribution in [3.8, 4) is 0 Å². The van der Waals surface area contributed by atoms with Gasteiger partial charge in [0, 0.05) is 19.2 Å². The predicted molar refractivity (Wildman–Crippen MR) is 73.5 cm³/mol. The van der Waals surface area contributed by atoms with Gasteiger partial charge in [0.25, 0.3) is 0 Å². The molecule has 2 aliphatic rings. The molecule has 2 heteroatoms. The molecular formula is C16H23NO. The topological polar surface area (TPSA) is 32.3 Å². The summed E-state index contributed by atoms with van der Waals surface area (Å²) in [6.07, 6.45) is 6.38. The van der Waals surface area contributed by atoms with Gasteiger partial charge in [0.05, 0.1) is 0 Å². The van der Waals surface area contributed by atoms with Crippen LogP contribution >= 0.6 is 0 Å². The second kappa shape index (κ2) is 5.41. The van der Waals surface area contributed by atoms with Crippen LogP contribution < -0.4 is 5.32 Å². The van der Waals surface area contributed by atoms with Crippen LogP contribution in [0.5, 0.6) is 0 Å². The molecule has 98 valence electrons. The summed E-state index contributed by atoms with van der Waals surface area (Å²) < 4.78 is 0. The SMILES string of the molecule is OCC1CCCC1NCc1ccccc1C1CC1. The average molecular weight is 245 g/mol. The van der Waals surface area contributed by atoms with E-state index < -0.39 is 0 Å². The van der Waals surface area contributed by atoms with Gasteiger partial charge < -0.3 is 10.4 Å². The van der Waals surface area contributed by atoms with Crippen LogP contribution in [0.25, 0.3) is 0 Å². The fraction of sp³-hybridized carbons (Fsp3) is 0.625. The molecule has 0 aromatic heterocycles. The molecule has 18 heavy (non-hydrogen) atoms. The number of nitrogens with one attached hydrogen (secondary N) is 1. The van der Waals surface area contributed by atoms with Crippen molar-refractivity contribution in [2.45, 2.75) is 50.6 Å². The summed E-state index contributed by atoms with van der Waals surface area (Å²) in [7, 11) is 0. The van der Waals surface area contributed by atoms with Gasteiger partial charge in [0.2, 0.25) is 0 Å². The van der Waals surface area contributed by atoms with Gasteiger partial charge in [0.15, 0.2) is 0 Å². The minimum atomic E-state index is 0.335. The van der Waals surface area contributed by atoms with Crippen LogP contribution in [-0.4, -0.2) is 17.8 Å². The third-order valence-corrected chi connectivity index (χ3v) is 4.52. The van der Waals surface area contributed by atoms with Gasteiger partial charge in [-0.05, 0) is 48.6 Å². The maximum Gasteiger partial charge on any atom is 0.0474 e. The van der Waals surface area contributed by atoms with Crippen LogP contribution in [0.1, 0.15) is 49.1 Å². The molecule has 0 amide bonds. The van der Waals surface area contributed by atoms with E-state index in [1.54, 1.807) is 5.56 Å². The molecule has 0 aliphatic heterocycles. The Labute approximate surface area is 109 Å². The summed E-state index contributed by atoms with van der Waals surface area (Å²) in [4.78, 5) is 0. The summed E-state index contributed by atoms with van der Waals surface area (Å²) in [5.41, 5.74) is 3.01. The zero-order chi connectivity index (χ0) is 12.4. The lowest BCUT2D eigenvalue weighted by Gasteiger charge is -2.20. The average Bonchev–Trinajstić information content (AvgIpc) is 3.15. The van der Waals surface area contributed by atoms with E-state index >= 15 is 0 Å². The monoisotopic (exact) mass is 245 g/mol. The first-order valence-electron chi connectivity index (χ1n) is 7.30. The zero-order valence-electron chi connectivity index (χ0n) is 10.9. The van der Waals surface area contributed by atoms with Crippen LogP contribution in [-0.2, 0) is 6.54 Å². The summed E-state index contributed by atoms with van der Waals surface area (Å²) in [5, 5.41) is 13.0. The lowest BCUT2D eigenvalue weighted by atomic mass is 10.0. The van der Waals surface area contributed by atoms with Gasteiger partial charge in [-0.25, -0.2) is 0 Å². The molecule has 2 saturated carbocycles. The van der Waals surface area contributed by atoms with Gasteiger partial charge in [0.1, 0.15) is 0 Å². The van der Waals surface area contributed by atoms with Crippen molar-refractivity contribution in [3.05, 3.63) is 35.4 Å². The summed E-state index contributed by atoms with van der Waals surface area (Å²) in [5.74, 6) is 1.29. The molecule has 0 saturated heterocycles. The Morgan fingerprint density at radius 2 is 1.94 bits per heavy atom. The van der Waals surface area contributed by atoms with Gasteiger partial charge >= 0.3 is 0 Å². The Morgan fingerprint density at radius 3 is 2.72 bits per heavy atom. The standard InChI is InChI=1S/C16H23NO/c18-11-14-5-3-7-16(14)17-10-13-4-1-2-6-15(13)12-8-9-12/h1-2,4,6,12,14,16-18H,3,5,7-11H2. The van der Waals surface area contributed by atoms with Crippen LogP contribution in [0.4, 0.5) is 0 Å². The van der Waals surface area contributed by atoms with Crippen molar-refractivity contribution in [2.24, 2.45) is 5.92 Å². The molecular weight excluding hydrogens is 222 g/mol. The minimum absolute atomic E-state index is 0.335. The van der Waals surface area contributed by atoms with E-state index in [0.717, 1.165) is 12.5 Å². The van der Waals surface area contributed by atoms with Crippen molar-refractivity contribution < 1.29 is 5.11 Å². The van der Waals surface area contributed by atoms with E-state index in [1.165, 1.54) is 37.7 Å². The van der Waals surface area contributed by atoms with E-state index in [1.807, 2.05) is 0 Å². The Morgan fingerprint density at radius 1 is 1.11 bits per heavy atom. The van der Waals surface area contributed by atoms with Crippen LogP contribution in [0.3, 0.4) is 0 Å². The minimum Gasteiger partial charge on any atom is -0.396 e. The molecule has 2 atom stereocenters. The highest BCUT2D eigenvalue weighted by atomic mass is 16.3. The number of aliphatic hydroxyl groups excluding tert-OH is 1. The molecule has 1 aromatic carbocycles. The fourth-order valence-electron chi connectivity index (χ4n) is 3.25. The number of aliphatic hydroxyl groups is 1. The Bertz CT molecular complexity index is 400. The van der Waals surface area contributed by atoms with E-state index in [-0.39, 0.29) is 0 Å². The van der Waals surface area contributed by atoms with Gasteiger partial charge in [-0.1, -0.05) is 30.7 Å². The first-order chi connectivity index (χ1) is 8.88. The largest absolute Gasteiger partial charge is 0.396 e. The maximum atomic E-state index is 9.35. The molecule has 0 spiro atoms. The highest BCUT2D eigenvalue weighted by Gasteiger charge is 2.28. The van der Waals surface area contributed by atoms with Crippen molar-refractivity contribution >= 4 is 0 Å². The molecule has 2 N–H and O–H groups in total. The third kappa shape index (κ3) is 2.60. The first-order valence-corrected chi connectivity index (χ1v) is 7.30. The first kappa shape index (κ1) is 12.2. The van der Waals surface area contributed by atoms with E-state index in [4.69, 9.17) is 0 Å². The van der Waals surface area contributed by atoms with Crippen LogP contribution in [0.15, 0.2) is 24.3 Å². The van der Waals surface area contributed by atoms with Gasteiger partial charge in [-0.3, -0.25) is 0 Å². The van der Waals surface area contributed by atoms with Gasteiger partial charge in [-0.2, -0.15) is 0 Å². The lowest BCUT2D eigenvalue weighted by Crippen LogP contribution is -2.33. The molecule has 2 aliphatic carbocycles. The van der Waals surface area contributed by atoms with E-state index in [2.05, 4.69) is 29.6 Å². The second-order valence-corrected chi connectivity index (χ2v) is 5.83. The molecule has 0 bridgehead atoms. The molecule has 3 rings (SSSR count). The van der Waals surface area contributed by atoms with Crippen LogP contribution in [0, 0.1) is 5.92 Å². The molecule has 0 heterocycles. The zero-order valence-corrected chi connectivity index (χ0v) is 10.9. The Kier molecular flexibility index (Phi) is 3.67. The summed E-state index contributed by atoms with van der Waals surface area (Å²) in [6.45, 7) is 1.30. The van der Waals surface area contributed by atoms with E-state index in [9.17, 15) is 5.11 Å². The van der Waals surface area contributed by atoms with Gasteiger partial charge in [-0.15, -0.1) is 0 Å². The second-order valence-electron chi connectivity index (χ2n) is 5.83.